The standard InChI is InChI=1S/C18H14F3NO3S/c1-26(24,25)15-3-2-12(14-8-18(20,21)17(23)16(14)15)5-10-4-11(9-22)7-13(19)6-10/h2-4,6-7,17,23H,5,8H2,1H3. The van der Waals surface area contributed by atoms with E-state index in [1.54, 1.807) is 0 Å². The number of nitrogens with zero attached hydrogens (tertiary/aromatic N) is 1. The maximum absolute atomic E-state index is 14.1. The number of halogens is 3. The van der Waals surface area contributed by atoms with Crippen molar-refractivity contribution in [2.45, 2.75) is 29.8 Å². The second kappa shape index (κ2) is 6.11. The van der Waals surface area contributed by atoms with Crippen LogP contribution in [0, 0.1) is 17.1 Å². The summed E-state index contributed by atoms with van der Waals surface area (Å²) in [5.41, 5.74) is 0.591. The van der Waals surface area contributed by atoms with Crippen LogP contribution in [0.15, 0.2) is 35.2 Å². The Morgan fingerprint density at radius 2 is 2.00 bits per heavy atom. The summed E-state index contributed by atoms with van der Waals surface area (Å²) in [7, 11) is -3.81. The van der Waals surface area contributed by atoms with Crippen molar-refractivity contribution in [1.82, 2.24) is 0 Å². The van der Waals surface area contributed by atoms with Crippen LogP contribution in [0.1, 0.15) is 33.9 Å². The molecule has 1 aliphatic carbocycles. The number of hydrogen-bond donors (Lipinski definition) is 1. The maximum atomic E-state index is 14.1. The Hall–Kier alpha value is -2.37. The molecule has 1 N–H and O–H groups in total. The summed E-state index contributed by atoms with van der Waals surface area (Å²) in [6, 6.07) is 8.05. The molecule has 2 aromatic rings. The third-order valence-electron chi connectivity index (χ3n) is 4.38. The van der Waals surface area contributed by atoms with E-state index in [-0.39, 0.29) is 28.0 Å². The van der Waals surface area contributed by atoms with Gasteiger partial charge < -0.3 is 5.11 Å². The smallest absolute Gasteiger partial charge is 0.281 e. The number of sulfone groups is 1. The highest BCUT2D eigenvalue weighted by atomic mass is 32.2. The molecule has 0 aliphatic heterocycles. The van der Waals surface area contributed by atoms with Gasteiger partial charge >= 0.3 is 0 Å². The molecule has 0 saturated heterocycles. The van der Waals surface area contributed by atoms with E-state index in [4.69, 9.17) is 5.26 Å². The zero-order chi connectivity index (χ0) is 19.3. The van der Waals surface area contributed by atoms with Crippen molar-refractivity contribution < 1.29 is 26.7 Å². The highest BCUT2D eigenvalue weighted by Gasteiger charge is 2.49. The molecule has 2 aromatic carbocycles. The SMILES string of the molecule is CS(=O)(=O)c1ccc(Cc2cc(F)cc(C#N)c2)c2c1C(O)C(F)(F)C2. The quantitative estimate of drug-likeness (QED) is 0.887. The van der Waals surface area contributed by atoms with Gasteiger partial charge in [-0.05, 0) is 47.4 Å². The van der Waals surface area contributed by atoms with Crippen molar-refractivity contribution >= 4 is 9.84 Å². The molecule has 0 radical (unpaired) electrons. The molecule has 0 bridgehead atoms. The number of aliphatic hydroxyl groups excluding tert-OH is 1. The molecule has 0 heterocycles. The number of aliphatic hydroxyl groups is 1. The number of hydrogen-bond acceptors (Lipinski definition) is 4. The van der Waals surface area contributed by atoms with Gasteiger partial charge in [0.25, 0.3) is 5.92 Å². The van der Waals surface area contributed by atoms with Crippen LogP contribution < -0.4 is 0 Å². The van der Waals surface area contributed by atoms with Crippen LogP contribution in [0.2, 0.25) is 0 Å². The van der Waals surface area contributed by atoms with Gasteiger partial charge in [0.2, 0.25) is 0 Å². The summed E-state index contributed by atoms with van der Waals surface area (Å²) in [5.74, 6) is -4.12. The lowest BCUT2D eigenvalue weighted by Crippen LogP contribution is -2.22. The second-order valence-corrected chi connectivity index (χ2v) is 8.35. The Morgan fingerprint density at radius 1 is 1.31 bits per heavy atom. The zero-order valence-electron chi connectivity index (χ0n) is 13.6. The van der Waals surface area contributed by atoms with Crippen molar-refractivity contribution in [3.05, 3.63) is 64.0 Å². The van der Waals surface area contributed by atoms with Gasteiger partial charge in [0, 0.05) is 18.2 Å². The van der Waals surface area contributed by atoms with E-state index in [9.17, 15) is 26.7 Å². The van der Waals surface area contributed by atoms with Gasteiger partial charge in [-0.1, -0.05) is 6.07 Å². The van der Waals surface area contributed by atoms with Crippen molar-refractivity contribution in [3.8, 4) is 6.07 Å². The molecule has 0 aromatic heterocycles. The fraction of sp³-hybridized carbons (Fsp3) is 0.278. The van der Waals surface area contributed by atoms with Gasteiger partial charge in [-0.3, -0.25) is 0 Å². The first-order valence-electron chi connectivity index (χ1n) is 7.63. The molecule has 0 spiro atoms. The number of fused-ring (bicyclic) bond motifs is 1. The van der Waals surface area contributed by atoms with Crippen LogP contribution in [0.5, 0.6) is 0 Å². The van der Waals surface area contributed by atoms with Crippen LogP contribution in [0.4, 0.5) is 13.2 Å². The molecule has 136 valence electrons. The van der Waals surface area contributed by atoms with Crippen molar-refractivity contribution in [1.29, 1.82) is 5.26 Å². The monoisotopic (exact) mass is 381 g/mol. The molecule has 0 fully saturated rings. The first-order chi connectivity index (χ1) is 12.0. The number of nitriles is 1. The van der Waals surface area contributed by atoms with E-state index in [2.05, 4.69) is 0 Å². The molecule has 0 amide bonds. The van der Waals surface area contributed by atoms with Gasteiger partial charge in [0.15, 0.2) is 9.84 Å². The number of alkyl halides is 2. The van der Waals surface area contributed by atoms with E-state index >= 15 is 0 Å². The molecule has 26 heavy (non-hydrogen) atoms. The fourth-order valence-electron chi connectivity index (χ4n) is 3.27. The molecular formula is C18H14F3NO3S. The van der Waals surface area contributed by atoms with Gasteiger partial charge in [-0.2, -0.15) is 5.26 Å². The lowest BCUT2D eigenvalue weighted by molar-refractivity contribution is -0.0976. The summed E-state index contributed by atoms with van der Waals surface area (Å²) < 4.78 is 65.5. The third kappa shape index (κ3) is 3.20. The van der Waals surface area contributed by atoms with E-state index in [0.29, 0.717) is 11.1 Å². The van der Waals surface area contributed by atoms with E-state index in [0.717, 1.165) is 12.3 Å². The minimum Gasteiger partial charge on any atom is -0.382 e. The van der Waals surface area contributed by atoms with Gasteiger partial charge in [0.05, 0.1) is 16.5 Å². The minimum atomic E-state index is -3.81. The molecule has 8 heteroatoms. The Bertz CT molecular complexity index is 1040. The van der Waals surface area contributed by atoms with E-state index in [1.165, 1.54) is 24.3 Å². The average Bonchev–Trinajstić information content (AvgIpc) is 2.77. The minimum absolute atomic E-state index is 0.0294. The van der Waals surface area contributed by atoms with Crippen LogP contribution in [0.3, 0.4) is 0 Å². The normalized spacial score (nSPS) is 18.4. The third-order valence-corrected chi connectivity index (χ3v) is 5.54. The summed E-state index contributed by atoms with van der Waals surface area (Å²) in [5, 5.41) is 18.9. The van der Waals surface area contributed by atoms with Crippen LogP contribution >= 0.6 is 0 Å². The zero-order valence-corrected chi connectivity index (χ0v) is 14.4. The van der Waals surface area contributed by atoms with E-state index in [1.807, 2.05) is 6.07 Å². The first kappa shape index (κ1) is 18.4. The van der Waals surface area contributed by atoms with E-state index < -0.39 is 34.1 Å². The topological polar surface area (TPSA) is 78.2 Å². The Morgan fingerprint density at radius 3 is 2.62 bits per heavy atom. The summed E-state index contributed by atoms with van der Waals surface area (Å²) in [4.78, 5) is -0.335. The van der Waals surface area contributed by atoms with Crippen LogP contribution in [-0.4, -0.2) is 25.7 Å². The fourth-order valence-corrected chi connectivity index (χ4v) is 4.22. The van der Waals surface area contributed by atoms with Crippen LogP contribution in [-0.2, 0) is 22.7 Å². The number of benzene rings is 2. The first-order valence-corrected chi connectivity index (χ1v) is 9.52. The molecular weight excluding hydrogens is 367 g/mol. The van der Waals surface area contributed by atoms with Crippen molar-refractivity contribution in [2.75, 3.05) is 6.26 Å². The Balaban J connectivity index is 2.15. The summed E-state index contributed by atoms with van der Waals surface area (Å²) in [6.45, 7) is 0. The molecule has 3 rings (SSSR count). The lowest BCUT2D eigenvalue weighted by atomic mass is 9.96. The highest BCUT2D eigenvalue weighted by molar-refractivity contribution is 7.90. The Kier molecular flexibility index (Phi) is 4.33. The van der Waals surface area contributed by atoms with Crippen molar-refractivity contribution in [2.24, 2.45) is 0 Å². The lowest BCUT2D eigenvalue weighted by Gasteiger charge is -2.15. The molecule has 4 nitrogen and oxygen atoms in total. The molecule has 1 atom stereocenters. The second-order valence-electron chi connectivity index (χ2n) is 6.36. The highest BCUT2D eigenvalue weighted by Crippen LogP contribution is 2.47. The predicted molar refractivity (Wildman–Crippen MR) is 87.1 cm³/mol. The average molecular weight is 381 g/mol. The summed E-state index contributed by atoms with van der Waals surface area (Å²) in [6.07, 6.45) is -2.11. The number of rotatable bonds is 3. The Labute approximate surface area is 148 Å². The van der Waals surface area contributed by atoms with Crippen LogP contribution in [0.25, 0.3) is 0 Å². The molecule has 1 aliphatic rings. The van der Waals surface area contributed by atoms with Gasteiger partial charge in [-0.25, -0.2) is 21.6 Å². The van der Waals surface area contributed by atoms with Crippen molar-refractivity contribution in [3.63, 3.8) is 0 Å². The van der Waals surface area contributed by atoms with Gasteiger partial charge in [0.1, 0.15) is 11.9 Å². The maximum Gasteiger partial charge on any atom is 0.281 e. The molecule has 1 unspecified atom stereocenters. The van der Waals surface area contributed by atoms with Gasteiger partial charge in [-0.15, -0.1) is 0 Å². The largest absolute Gasteiger partial charge is 0.382 e. The summed E-state index contributed by atoms with van der Waals surface area (Å²) >= 11 is 0. The predicted octanol–water partition coefficient (Wildman–Crippen LogP) is 2.92. The molecule has 0 saturated carbocycles.